The molecule has 0 spiro atoms. The fraction of sp³-hybridized carbons (Fsp3) is 0.400. The third-order valence-electron chi connectivity index (χ3n) is 4.59. The average Bonchev–Trinajstić information content (AvgIpc) is 2.71. The lowest BCUT2D eigenvalue weighted by Crippen LogP contribution is -2.52. The van der Waals surface area contributed by atoms with Gasteiger partial charge in [-0.15, -0.1) is 0 Å². The van der Waals surface area contributed by atoms with Crippen LogP contribution < -0.4 is 0 Å². The maximum Gasteiger partial charge on any atom is 0.137 e. The standard InChI is InChI=1S/C20H22FN3O2S/c1-14-17(12-23-24-22)26-20(27-16-10-6-3-7-11-16)19(18(14)21)25-13-15-8-4-2-5-9-15/h2-11,14,17-20H,12-13H2,1H3/t14-,17-,18+,19-,20+/m1/s1. The summed E-state index contributed by atoms with van der Waals surface area (Å²) >= 11 is 1.43. The van der Waals surface area contributed by atoms with Crippen molar-refractivity contribution >= 4 is 11.8 Å². The number of nitrogens with zero attached hydrogens (tertiary/aromatic N) is 3. The van der Waals surface area contributed by atoms with Gasteiger partial charge in [-0.25, -0.2) is 4.39 Å². The molecule has 1 fully saturated rings. The first-order valence-corrected chi connectivity index (χ1v) is 9.74. The zero-order chi connectivity index (χ0) is 19.1. The monoisotopic (exact) mass is 387 g/mol. The Kier molecular flexibility index (Phi) is 7.12. The molecule has 142 valence electrons. The molecule has 0 aliphatic carbocycles. The number of halogens is 1. The van der Waals surface area contributed by atoms with E-state index in [1.807, 2.05) is 60.7 Å². The van der Waals surface area contributed by atoms with Crippen molar-refractivity contribution in [3.05, 3.63) is 76.7 Å². The summed E-state index contributed by atoms with van der Waals surface area (Å²) in [5.74, 6) is -0.427. The molecule has 0 radical (unpaired) electrons. The lowest BCUT2D eigenvalue weighted by molar-refractivity contribution is -0.165. The highest BCUT2D eigenvalue weighted by Gasteiger charge is 2.45. The summed E-state index contributed by atoms with van der Waals surface area (Å²) in [6.07, 6.45) is -2.41. The summed E-state index contributed by atoms with van der Waals surface area (Å²) in [5.41, 5.74) is 9.05. The van der Waals surface area contributed by atoms with Gasteiger partial charge in [0.1, 0.15) is 17.7 Å². The number of azide groups is 1. The molecule has 1 saturated heterocycles. The van der Waals surface area contributed by atoms with Crippen molar-refractivity contribution < 1.29 is 13.9 Å². The lowest BCUT2D eigenvalue weighted by Gasteiger charge is -2.42. The Morgan fingerprint density at radius 1 is 1.15 bits per heavy atom. The Morgan fingerprint density at radius 3 is 2.48 bits per heavy atom. The van der Waals surface area contributed by atoms with Gasteiger partial charge in [0.15, 0.2) is 0 Å². The van der Waals surface area contributed by atoms with E-state index in [9.17, 15) is 0 Å². The Hall–Kier alpha value is -2.05. The fourth-order valence-corrected chi connectivity index (χ4v) is 4.16. The van der Waals surface area contributed by atoms with Gasteiger partial charge in [0.2, 0.25) is 0 Å². The molecule has 27 heavy (non-hydrogen) atoms. The molecule has 2 aromatic rings. The molecule has 3 rings (SSSR count). The minimum absolute atomic E-state index is 0.106. The molecule has 0 N–H and O–H groups in total. The molecule has 7 heteroatoms. The normalized spacial score (nSPS) is 27.7. The van der Waals surface area contributed by atoms with Crippen molar-refractivity contribution in [1.29, 1.82) is 0 Å². The largest absolute Gasteiger partial charge is 0.367 e. The van der Waals surface area contributed by atoms with Crippen LogP contribution in [0, 0.1) is 5.92 Å². The van der Waals surface area contributed by atoms with E-state index in [-0.39, 0.29) is 6.54 Å². The zero-order valence-electron chi connectivity index (χ0n) is 15.0. The van der Waals surface area contributed by atoms with Gasteiger partial charge in [-0.3, -0.25) is 0 Å². The molecular formula is C20H22FN3O2S. The molecule has 0 bridgehead atoms. The predicted octanol–water partition coefficient (Wildman–Crippen LogP) is 5.37. The first-order valence-electron chi connectivity index (χ1n) is 8.86. The number of rotatable bonds is 7. The van der Waals surface area contributed by atoms with Gasteiger partial charge in [-0.05, 0) is 23.2 Å². The molecule has 0 saturated carbocycles. The number of ether oxygens (including phenoxy) is 2. The van der Waals surface area contributed by atoms with Crippen molar-refractivity contribution in [3.63, 3.8) is 0 Å². The van der Waals surface area contributed by atoms with Gasteiger partial charge in [0.25, 0.3) is 0 Å². The van der Waals surface area contributed by atoms with E-state index in [0.717, 1.165) is 10.5 Å². The van der Waals surface area contributed by atoms with E-state index >= 15 is 4.39 Å². The number of thioether (sulfide) groups is 1. The van der Waals surface area contributed by atoms with Crippen LogP contribution in [0.3, 0.4) is 0 Å². The van der Waals surface area contributed by atoms with Crippen LogP contribution in [0.15, 0.2) is 70.7 Å². The van der Waals surface area contributed by atoms with Crippen LogP contribution in [0.5, 0.6) is 0 Å². The van der Waals surface area contributed by atoms with E-state index < -0.39 is 29.7 Å². The maximum absolute atomic E-state index is 15.2. The van der Waals surface area contributed by atoms with Crippen molar-refractivity contribution in [1.82, 2.24) is 0 Å². The average molecular weight is 387 g/mol. The molecule has 5 atom stereocenters. The van der Waals surface area contributed by atoms with Crippen molar-refractivity contribution in [2.24, 2.45) is 11.0 Å². The Morgan fingerprint density at radius 2 is 1.81 bits per heavy atom. The highest BCUT2D eigenvalue weighted by molar-refractivity contribution is 7.99. The molecule has 0 aromatic heterocycles. The molecule has 0 unspecified atom stereocenters. The van der Waals surface area contributed by atoms with Crippen molar-refractivity contribution in [2.45, 2.75) is 42.2 Å². The van der Waals surface area contributed by atoms with Crippen LogP contribution in [0.25, 0.3) is 10.4 Å². The first kappa shape index (κ1) is 19.7. The van der Waals surface area contributed by atoms with Gasteiger partial charge in [-0.2, -0.15) is 0 Å². The summed E-state index contributed by atoms with van der Waals surface area (Å²) in [4.78, 5) is 3.75. The van der Waals surface area contributed by atoms with Crippen LogP contribution >= 0.6 is 11.8 Å². The molecular weight excluding hydrogens is 365 g/mol. The minimum atomic E-state index is -1.22. The summed E-state index contributed by atoms with van der Waals surface area (Å²) < 4.78 is 27.3. The van der Waals surface area contributed by atoms with Crippen molar-refractivity contribution in [2.75, 3.05) is 6.54 Å². The summed E-state index contributed by atoms with van der Waals surface area (Å²) in [7, 11) is 0. The van der Waals surface area contributed by atoms with E-state index in [1.54, 1.807) is 6.92 Å². The molecule has 1 aliphatic heterocycles. The van der Waals surface area contributed by atoms with Gasteiger partial charge in [0.05, 0.1) is 19.3 Å². The van der Waals surface area contributed by atoms with E-state index in [4.69, 9.17) is 15.0 Å². The van der Waals surface area contributed by atoms with Crippen LogP contribution in [-0.4, -0.2) is 30.4 Å². The second-order valence-corrected chi connectivity index (χ2v) is 7.62. The Labute approximate surface area is 162 Å². The van der Waals surface area contributed by atoms with Crippen LogP contribution in [0.1, 0.15) is 12.5 Å². The lowest BCUT2D eigenvalue weighted by atomic mass is 9.92. The number of hydrogen-bond donors (Lipinski definition) is 0. The fourth-order valence-electron chi connectivity index (χ4n) is 3.02. The van der Waals surface area contributed by atoms with E-state index in [1.165, 1.54) is 11.8 Å². The van der Waals surface area contributed by atoms with Crippen LogP contribution in [0.4, 0.5) is 4.39 Å². The van der Waals surface area contributed by atoms with E-state index in [0.29, 0.717) is 6.61 Å². The van der Waals surface area contributed by atoms with Gasteiger partial charge >= 0.3 is 0 Å². The van der Waals surface area contributed by atoms with E-state index in [2.05, 4.69) is 10.0 Å². The van der Waals surface area contributed by atoms with Gasteiger partial charge in [-0.1, -0.05) is 72.3 Å². The SMILES string of the molecule is C[C@H]1[C@H](F)[C@@H](OCc2ccccc2)[C@H](Sc2ccccc2)O[C@@H]1CN=[N+]=[N-]. The van der Waals surface area contributed by atoms with Gasteiger partial charge < -0.3 is 9.47 Å². The molecule has 2 aromatic carbocycles. The molecule has 1 aliphatic rings. The maximum atomic E-state index is 15.2. The van der Waals surface area contributed by atoms with Crippen molar-refractivity contribution in [3.8, 4) is 0 Å². The van der Waals surface area contributed by atoms with Crippen LogP contribution in [0.2, 0.25) is 0 Å². The Bertz CT molecular complexity index is 758. The smallest absolute Gasteiger partial charge is 0.137 e. The summed E-state index contributed by atoms with van der Waals surface area (Å²) in [6.45, 7) is 2.19. The zero-order valence-corrected chi connectivity index (χ0v) is 15.8. The second kappa shape index (κ2) is 9.76. The minimum Gasteiger partial charge on any atom is -0.367 e. The first-order chi connectivity index (χ1) is 13.2. The highest BCUT2D eigenvalue weighted by Crippen LogP contribution is 2.38. The Balaban J connectivity index is 1.76. The molecule has 5 nitrogen and oxygen atoms in total. The summed E-state index contributed by atoms with van der Waals surface area (Å²) in [5, 5.41) is 3.58. The van der Waals surface area contributed by atoms with Gasteiger partial charge in [0, 0.05) is 15.7 Å². The third kappa shape index (κ3) is 5.23. The van der Waals surface area contributed by atoms with Crippen LogP contribution in [-0.2, 0) is 16.1 Å². The molecule has 0 amide bonds. The summed E-state index contributed by atoms with van der Waals surface area (Å²) in [6, 6.07) is 19.4. The molecule has 1 heterocycles. The second-order valence-electron chi connectivity index (χ2n) is 6.45. The topological polar surface area (TPSA) is 67.2 Å². The number of benzene rings is 2. The number of alkyl halides is 1. The quantitative estimate of drug-likeness (QED) is 0.364. The predicted molar refractivity (Wildman–Crippen MR) is 104 cm³/mol. The number of hydrogen-bond acceptors (Lipinski definition) is 4. The third-order valence-corrected chi connectivity index (χ3v) is 5.74. The highest BCUT2D eigenvalue weighted by atomic mass is 32.2.